The van der Waals surface area contributed by atoms with Gasteiger partial charge in [0.2, 0.25) is 5.95 Å². The fourth-order valence-corrected chi connectivity index (χ4v) is 5.59. The average Bonchev–Trinajstić information content (AvgIpc) is 3.01. The Bertz CT molecular complexity index is 1680. The van der Waals surface area contributed by atoms with Gasteiger partial charge in [0.15, 0.2) is 0 Å². The Labute approximate surface area is 249 Å². The SMILES string of the molecule is C#CCN(c1ccc(C(=O)NCc2cccnc2)cc1)C(C)c1cc2c(=O)n(C)c(N3CCC(O)CC3)nc2cc1Cl. The van der Waals surface area contributed by atoms with Gasteiger partial charge >= 0.3 is 0 Å². The maximum Gasteiger partial charge on any atom is 0.262 e. The molecule has 2 aromatic carbocycles. The highest BCUT2D eigenvalue weighted by atomic mass is 35.5. The van der Waals surface area contributed by atoms with Crippen molar-refractivity contribution in [1.82, 2.24) is 19.9 Å². The van der Waals surface area contributed by atoms with Gasteiger partial charge in [0.25, 0.3) is 11.5 Å². The number of aromatic nitrogens is 3. The van der Waals surface area contributed by atoms with Crippen LogP contribution < -0.4 is 20.7 Å². The summed E-state index contributed by atoms with van der Waals surface area (Å²) >= 11 is 6.80. The normalized spacial score (nSPS) is 14.4. The number of pyridine rings is 1. The number of aliphatic hydroxyl groups excluding tert-OH is 1. The van der Waals surface area contributed by atoms with Gasteiger partial charge in [-0.2, -0.15) is 0 Å². The molecule has 1 atom stereocenters. The molecule has 2 N–H and O–H groups in total. The number of halogens is 1. The molecular formula is C32H33ClN6O3. The van der Waals surface area contributed by atoms with Crippen LogP contribution in [0.15, 0.2) is 65.7 Å². The summed E-state index contributed by atoms with van der Waals surface area (Å²) in [5, 5.41) is 13.7. The number of carbonyl (C=O) groups is 1. The van der Waals surface area contributed by atoms with Crippen molar-refractivity contribution >= 4 is 40.0 Å². The molecule has 1 saturated heterocycles. The minimum absolute atomic E-state index is 0.170. The zero-order chi connectivity index (χ0) is 29.8. The van der Waals surface area contributed by atoms with Crippen molar-refractivity contribution in [3.63, 3.8) is 0 Å². The highest BCUT2D eigenvalue weighted by Gasteiger charge is 2.24. The Morgan fingerprint density at radius 1 is 1.24 bits per heavy atom. The lowest BCUT2D eigenvalue weighted by atomic mass is 10.0. The standard InChI is InChI=1S/C32H33ClN6O3/c1-4-14-39(24-9-7-23(8-10-24)30(41)35-20-22-6-5-13-34-19-22)21(2)26-17-27-29(18-28(26)33)36-32(37(3)31(27)42)38-15-11-25(40)12-16-38/h1,5-10,13,17-19,21,25,40H,11-12,14-16,20H2,2-3H3,(H,35,41). The Balaban J connectivity index is 1.39. The lowest BCUT2D eigenvalue weighted by Crippen LogP contribution is -2.39. The lowest BCUT2D eigenvalue weighted by Gasteiger charge is -2.32. The Morgan fingerprint density at radius 2 is 1.98 bits per heavy atom. The molecule has 4 aromatic rings. The minimum atomic E-state index is -0.325. The number of amides is 1. The van der Waals surface area contributed by atoms with Crippen LogP contribution in [-0.2, 0) is 13.6 Å². The number of nitrogens with one attached hydrogen (secondary N) is 1. The van der Waals surface area contributed by atoms with Crippen molar-refractivity contribution in [2.75, 3.05) is 29.4 Å². The quantitative estimate of drug-likeness (QED) is 0.301. The van der Waals surface area contributed by atoms with Gasteiger partial charge in [-0.25, -0.2) is 4.98 Å². The molecule has 1 amide bonds. The molecular weight excluding hydrogens is 552 g/mol. The number of anilines is 2. The van der Waals surface area contributed by atoms with E-state index < -0.39 is 0 Å². The molecule has 216 valence electrons. The zero-order valence-electron chi connectivity index (χ0n) is 23.6. The van der Waals surface area contributed by atoms with Crippen molar-refractivity contribution in [1.29, 1.82) is 0 Å². The molecule has 0 radical (unpaired) electrons. The Morgan fingerprint density at radius 3 is 2.64 bits per heavy atom. The predicted octanol–water partition coefficient (Wildman–Crippen LogP) is 4.07. The van der Waals surface area contributed by atoms with Crippen LogP contribution in [0, 0.1) is 12.3 Å². The molecule has 42 heavy (non-hydrogen) atoms. The highest BCUT2D eigenvalue weighted by Crippen LogP contribution is 2.33. The van der Waals surface area contributed by atoms with Crippen molar-refractivity contribution in [2.45, 2.75) is 38.5 Å². The fraction of sp³-hybridized carbons (Fsp3) is 0.312. The van der Waals surface area contributed by atoms with E-state index in [0.717, 1.165) is 16.8 Å². The fourth-order valence-electron chi connectivity index (χ4n) is 5.28. The summed E-state index contributed by atoms with van der Waals surface area (Å²) in [6.45, 7) is 3.90. The maximum absolute atomic E-state index is 13.5. The summed E-state index contributed by atoms with van der Waals surface area (Å²) in [4.78, 5) is 39.0. The zero-order valence-corrected chi connectivity index (χ0v) is 24.4. The molecule has 1 fully saturated rings. The molecule has 1 unspecified atom stereocenters. The first-order chi connectivity index (χ1) is 20.3. The number of hydrogen-bond acceptors (Lipinski definition) is 7. The molecule has 0 saturated carbocycles. The number of terminal acetylenes is 1. The van der Waals surface area contributed by atoms with Crippen LogP contribution in [0.25, 0.3) is 10.9 Å². The van der Waals surface area contributed by atoms with Gasteiger partial charge in [-0.3, -0.25) is 19.1 Å². The molecule has 10 heteroatoms. The number of piperidine rings is 1. The number of benzene rings is 2. The van der Waals surface area contributed by atoms with Gasteiger partial charge in [-0.05, 0) is 73.4 Å². The summed E-state index contributed by atoms with van der Waals surface area (Å²) in [7, 11) is 1.71. The molecule has 1 aliphatic heterocycles. The van der Waals surface area contributed by atoms with E-state index in [1.807, 2.05) is 41.0 Å². The molecule has 0 bridgehead atoms. The van der Waals surface area contributed by atoms with Gasteiger partial charge in [0.1, 0.15) is 0 Å². The molecule has 9 nitrogen and oxygen atoms in total. The Kier molecular flexibility index (Phi) is 8.76. The topological polar surface area (TPSA) is 104 Å². The van der Waals surface area contributed by atoms with Gasteiger partial charge in [-0.15, -0.1) is 6.42 Å². The van der Waals surface area contributed by atoms with E-state index in [1.54, 1.807) is 48.3 Å². The monoisotopic (exact) mass is 584 g/mol. The van der Waals surface area contributed by atoms with Crippen LogP contribution in [0.3, 0.4) is 0 Å². The smallest absolute Gasteiger partial charge is 0.262 e. The summed E-state index contributed by atoms with van der Waals surface area (Å²) < 4.78 is 1.56. The van der Waals surface area contributed by atoms with Crippen molar-refractivity contribution in [2.24, 2.45) is 7.05 Å². The van der Waals surface area contributed by atoms with Gasteiger partial charge in [0, 0.05) is 55.3 Å². The lowest BCUT2D eigenvalue weighted by molar-refractivity contribution is 0.0951. The number of fused-ring (bicyclic) bond motifs is 1. The van der Waals surface area contributed by atoms with Crippen molar-refractivity contribution in [3.8, 4) is 12.3 Å². The predicted molar refractivity (Wildman–Crippen MR) is 166 cm³/mol. The number of nitrogens with zero attached hydrogens (tertiary/aromatic N) is 5. The van der Waals surface area contributed by atoms with E-state index >= 15 is 0 Å². The second-order valence-electron chi connectivity index (χ2n) is 10.5. The van der Waals surface area contributed by atoms with E-state index in [2.05, 4.69) is 16.2 Å². The van der Waals surface area contributed by atoms with E-state index in [4.69, 9.17) is 23.0 Å². The second-order valence-corrected chi connectivity index (χ2v) is 10.9. The van der Waals surface area contributed by atoms with E-state index in [-0.39, 0.29) is 30.2 Å². The van der Waals surface area contributed by atoms with Crippen LogP contribution in [0.5, 0.6) is 0 Å². The summed E-state index contributed by atoms with van der Waals surface area (Å²) in [6.07, 6.45) is 10.1. The largest absolute Gasteiger partial charge is 0.393 e. The third-order valence-electron chi connectivity index (χ3n) is 7.73. The second kappa shape index (κ2) is 12.6. The van der Waals surface area contributed by atoms with Gasteiger partial charge < -0.3 is 20.2 Å². The first-order valence-corrected chi connectivity index (χ1v) is 14.2. The van der Waals surface area contributed by atoms with E-state index in [9.17, 15) is 14.7 Å². The molecule has 0 spiro atoms. The number of rotatable bonds is 8. The summed E-state index contributed by atoms with van der Waals surface area (Å²) in [6, 6.07) is 14.2. The highest BCUT2D eigenvalue weighted by molar-refractivity contribution is 6.32. The van der Waals surface area contributed by atoms with Crippen LogP contribution in [0.2, 0.25) is 5.02 Å². The van der Waals surface area contributed by atoms with E-state index in [1.165, 1.54) is 0 Å². The van der Waals surface area contributed by atoms with Gasteiger partial charge in [-0.1, -0.05) is 23.6 Å². The van der Waals surface area contributed by atoms with Gasteiger partial charge in [0.05, 0.1) is 29.6 Å². The van der Waals surface area contributed by atoms with Crippen molar-refractivity contribution < 1.29 is 9.90 Å². The molecule has 0 aliphatic carbocycles. The third kappa shape index (κ3) is 6.10. The average molecular weight is 585 g/mol. The van der Waals surface area contributed by atoms with E-state index in [0.29, 0.717) is 59.9 Å². The van der Waals surface area contributed by atoms with Crippen molar-refractivity contribution in [3.05, 3.63) is 93.0 Å². The van der Waals surface area contributed by atoms with Crippen LogP contribution in [-0.4, -0.2) is 51.3 Å². The first kappa shape index (κ1) is 29.1. The minimum Gasteiger partial charge on any atom is -0.393 e. The number of hydrogen-bond donors (Lipinski definition) is 2. The van der Waals surface area contributed by atoms with Crippen LogP contribution in [0.1, 0.15) is 47.3 Å². The van der Waals surface area contributed by atoms with Crippen LogP contribution >= 0.6 is 11.6 Å². The maximum atomic E-state index is 13.5. The number of carbonyl (C=O) groups excluding carboxylic acids is 1. The Hall–Kier alpha value is -4.39. The first-order valence-electron chi connectivity index (χ1n) is 13.9. The van der Waals surface area contributed by atoms with Crippen LogP contribution in [0.4, 0.5) is 11.6 Å². The molecule has 3 heterocycles. The third-order valence-corrected chi connectivity index (χ3v) is 8.06. The molecule has 1 aliphatic rings. The molecule has 2 aromatic heterocycles. The molecule has 5 rings (SSSR count). The summed E-state index contributed by atoms with van der Waals surface area (Å²) in [5.74, 6) is 3.09. The summed E-state index contributed by atoms with van der Waals surface area (Å²) in [5.41, 5.74) is 3.34. The number of aliphatic hydroxyl groups is 1.